The molecule has 10 nitrogen and oxygen atoms in total. The number of carbonyl (C=O) groups is 3. The lowest BCUT2D eigenvalue weighted by Gasteiger charge is -2.39. The quantitative estimate of drug-likeness (QED) is 0.0935. The third kappa shape index (κ3) is 8.17. The molecule has 1 fully saturated rings. The van der Waals surface area contributed by atoms with Gasteiger partial charge in [0.1, 0.15) is 5.71 Å². The molecule has 4 rings (SSSR count). The Hall–Kier alpha value is -3.70. The van der Waals surface area contributed by atoms with E-state index in [9.17, 15) is 14.4 Å². The number of hydrogen-bond donors (Lipinski definition) is 0. The SMILES string of the molecule is CCN(CC)CC/C(=N\OC(=O)CN(CC)CC)C(=O)c1ccc(-n2cc(C(=O)C(C)(C)N3CCOCC3)c3ccccc32)cc1. The van der Waals surface area contributed by atoms with E-state index in [1.165, 1.54) is 0 Å². The molecule has 0 amide bonds. The van der Waals surface area contributed by atoms with Crippen LogP contribution in [0.25, 0.3) is 16.6 Å². The fourth-order valence-electron chi connectivity index (χ4n) is 5.88. The van der Waals surface area contributed by atoms with Crippen molar-refractivity contribution >= 4 is 34.2 Å². The number of nitrogens with zero attached hydrogens (tertiary/aromatic N) is 5. The number of ketones is 2. The molecular formula is C36H49N5O5. The van der Waals surface area contributed by atoms with Gasteiger partial charge in [-0.2, -0.15) is 0 Å². The molecule has 2 aromatic carbocycles. The van der Waals surface area contributed by atoms with Crippen LogP contribution in [0.15, 0.2) is 59.9 Å². The van der Waals surface area contributed by atoms with Gasteiger partial charge in [-0.1, -0.05) is 51.0 Å². The molecule has 0 atom stereocenters. The second-order valence-electron chi connectivity index (χ2n) is 12.0. The summed E-state index contributed by atoms with van der Waals surface area (Å²) in [4.78, 5) is 51.7. The Kier molecular flexibility index (Phi) is 12.4. The van der Waals surface area contributed by atoms with Gasteiger partial charge in [-0.05, 0) is 70.4 Å². The molecule has 0 aliphatic carbocycles. The van der Waals surface area contributed by atoms with Crippen molar-refractivity contribution in [3.05, 3.63) is 65.9 Å². The number of oxime groups is 1. The average molecular weight is 632 g/mol. The van der Waals surface area contributed by atoms with Gasteiger partial charge in [0.2, 0.25) is 5.78 Å². The average Bonchev–Trinajstić information content (AvgIpc) is 3.48. The first-order valence-corrected chi connectivity index (χ1v) is 16.5. The molecule has 0 saturated carbocycles. The van der Waals surface area contributed by atoms with Crippen LogP contribution in [0.5, 0.6) is 0 Å². The van der Waals surface area contributed by atoms with Gasteiger partial charge in [-0.15, -0.1) is 0 Å². The minimum absolute atomic E-state index is 0.0562. The van der Waals surface area contributed by atoms with Gasteiger partial charge in [-0.25, -0.2) is 4.79 Å². The minimum Gasteiger partial charge on any atom is -0.379 e. The van der Waals surface area contributed by atoms with Crippen LogP contribution in [0.3, 0.4) is 0 Å². The lowest BCUT2D eigenvalue weighted by molar-refractivity contribution is -0.144. The van der Waals surface area contributed by atoms with Crippen molar-refractivity contribution in [2.75, 3.05) is 65.6 Å². The van der Waals surface area contributed by atoms with E-state index < -0.39 is 11.5 Å². The van der Waals surface area contributed by atoms with Crippen LogP contribution < -0.4 is 0 Å². The maximum atomic E-state index is 14.0. The van der Waals surface area contributed by atoms with Crippen molar-refractivity contribution in [2.24, 2.45) is 5.16 Å². The van der Waals surface area contributed by atoms with E-state index in [0.717, 1.165) is 29.7 Å². The summed E-state index contributed by atoms with van der Waals surface area (Å²) in [5, 5.41) is 4.96. The summed E-state index contributed by atoms with van der Waals surface area (Å²) in [6.07, 6.45) is 2.26. The molecule has 248 valence electrons. The van der Waals surface area contributed by atoms with E-state index in [2.05, 4.69) is 28.8 Å². The molecule has 0 radical (unpaired) electrons. The number of para-hydroxylation sites is 1. The van der Waals surface area contributed by atoms with Crippen molar-refractivity contribution in [1.29, 1.82) is 0 Å². The molecule has 0 bridgehead atoms. The topological polar surface area (TPSA) is 96.7 Å². The van der Waals surface area contributed by atoms with Crippen molar-refractivity contribution < 1.29 is 24.0 Å². The first kappa shape index (κ1) is 35.2. The number of Topliss-reactive ketones (excluding diaryl/α,β-unsaturated/α-hetero) is 2. The monoisotopic (exact) mass is 631 g/mol. The highest BCUT2D eigenvalue weighted by Crippen LogP contribution is 2.30. The zero-order valence-corrected chi connectivity index (χ0v) is 28.3. The molecule has 0 N–H and O–H groups in total. The van der Waals surface area contributed by atoms with Crippen LogP contribution in [-0.2, 0) is 14.4 Å². The number of aromatic nitrogens is 1. The number of benzene rings is 2. The first-order chi connectivity index (χ1) is 22.1. The zero-order chi connectivity index (χ0) is 33.3. The van der Waals surface area contributed by atoms with E-state index in [1.807, 2.05) is 79.8 Å². The number of fused-ring (bicyclic) bond motifs is 1. The van der Waals surface area contributed by atoms with E-state index in [4.69, 9.17) is 9.57 Å². The summed E-state index contributed by atoms with van der Waals surface area (Å²) < 4.78 is 7.52. The fraction of sp³-hybridized carbons (Fsp3) is 0.500. The normalized spacial score (nSPS) is 14.7. The largest absolute Gasteiger partial charge is 0.379 e. The van der Waals surface area contributed by atoms with Crippen molar-refractivity contribution in [2.45, 2.75) is 53.5 Å². The highest BCUT2D eigenvalue weighted by molar-refractivity contribution is 6.46. The fourth-order valence-corrected chi connectivity index (χ4v) is 5.88. The van der Waals surface area contributed by atoms with Gasteiger partial charge in [0.25, 0.3) is 0 Å². The Bertz CT molecular complexity index is 1510. The van der Waals surface area contributed by atoms with Crippen LogP contribution in [-0.4, -0.2) is 114 Å². The van der Waals surface area contributed by atoms with E-state index >= 15 is 0 Å². The number of likely N-dealkylation sites (N-methyl/N-ethyl adjacent to an activating group) is 1. The number of rotatable bonds is 16. The summed E-state index contributed by atoms with van der Waals surface area (Å²) in [6, 6.07) is 15.1. The maximum Gasteiger partial charge on any atom is 0.348 e. The second-order valence-corrected chi connectivity index (χ2v) is 12.0. The molecule has 1 aliphatic rings. The molecule has 2 heterocycles. The molecule has 1 aromatic heterocycles. The summed E-state index contributed by atoms with van der Waals surface area (Å²) >= 11 is 0. The zero-order valence-electron chi connectivity index (χ0n) is 28.3. The summed E-state index contributed by atoms with van der Waals surface area (Å²) in [5.41, 5.74) is 2.35. The van der Waals surface area contributed by atoms with Crippen molar-refractivity contribution in [3.8, 4) is 5.69 Å². The summed E-state index contributed by atoms with van der Waals surface area (Å²) in [7, 11) is 0. The van der Waals surface area contributed by atoms with Gasteiger partial charge >= 0.3 is 5.97 Å². The molecule has 0 unspecified atom stereocenters. The van der Waals surface area contributed by atoms with Gasteiger partial charge in [-0.3, -0.25) is 19.4 Å². The first-order valence-electron chi connectivity index (χ1n) is 16.5. The number of carbonyl (C=O) groups excluding carboxylic acids is 3. The molecule has 3 aromatic rings. The Morgan fingerprint density at radius 2 is 1.52 bits per heavy atom. The molecule has 46 heavy (non-hydrogen) atoms. The number of ether oxygens (including phenoxy) is 1. The summed E-state index contributed by atoms with van der Waals surface area (Å²) in [5.74, 6) is -0.718. The molecule has 0 spiro atoms. The number of hydrogen-bond acceptors (Lipinski definition) is 9. The third-order valence-electron chi connectivity index (χ3n) is 9.05. The second kappa shape index (κ2) is 16.2. The van der Waals surface area contributed by atoms with Crippen LogP contribution in [0.2, 0.25) is 0 Å². The minimum atomic E-state index is -0.690. The lowest BCUT2D eigenvalue weighted by atomic mass is 9.90. The van der Waals surface area contributed by atoms with E-state index in [1.54, 1.807) is 12.1 Å². The van der Waals surface area contributed by atoms with Crippen molar-refractivity contribution in [1.82, 2.24) is 19.3 Å². The number of morpholine rings is 1. The van der Waals surface area contributed by atoms with Gasteiger partial charge in [0.15, 0.2) is 5.78 Å². The Balaban J connectivity index is 1.60. The molecule has 1 aliphatic heterocycles. The van der Waals surface area contributed by atoms with Crippen molar-refractivity contribution in [3.63, 3.8) is 0 Å². The van der Waals surface area contributed by atoms with Gasteiger partial charge in [0, 0.05) is 54.5 Å². The van der Waals surface area contributed by atoms with E-state index in [-0.39, 0.29) is 23.8 Å². The Morgan fingerprint density at radius 1 is 0.891 bits per heavy atom. The predicted octanol–water partition coefficient (Wildman–Crippen LogP) is 5.08. The third-order valence-corrected chi connectivity index (χ3v) is 9.05. The van der Waals surface area contributed by atoms with Gasteiger partial charge < -0.3 is 19.0 Å². The molecular weight excluding hydrogens is 582 g/mol. The molecule has 1 saturated heterocycles. The highest BCUT2D eigenvalue weighted by atomic mass is 16.7. The van der Waals surface area contributed by atoms with Crippen LogP contribution >= 0.6 is 0 Å². The summed E-state index contributed by atoms with van der Waals surface area (Å²) in [6.45, 7) is 18.5. The predicted molar refractivity (Wildman–Crippen MR) is 182 cm³/mol. The van der Waals surface area contributed by atoms with Crippen LogP contribution in [0.4, 0.5) is 0 Å². The van der Waals surface area contributed by atoms with Gasteiger partial charge in [0.05, 0.1) is 30.8 Å². The Labute approximate surface area is 272 Å². The standard InChI is InChI=1S/C36H49N5O5/c1-7-38(8-2)20-19-31(37-46-33(42)26-39(9-3)10-4)34(43)27-15-17-28(18-16-27)41-25-30(29-13-11-12-14-32(29)41)35(44)36(5,6)40-21-23-45-24-22-40/h11-18,25H,7-10,19-24,26H2,1-6H3/b37-31+. The van der Waals surface area contributed by atoms with Crippen LogP contribution in [0, 0.1) is 0 Å². The highest BCUT2D eigenvalue weighted by Gasteiger charge is 2.37. The smallest absolute Gasteiger partial charge is 0.348 e. The Morgan fingerprint density at radius 3 is 2.15 bits per heavy atom. The lowest BCUT2D eigenvalue weighted by Crippen LogP contribution is -2.54. The molecule has 10 heteroatoms. The van der Waals surface area contributed by atoms with E-state index in [0.29, 0.717) is 63.5 Å². The van der Waals surface area contributed by atoms with Crippen LogP contribution in [0.1, 0.15) is 68.7 Å². The maximum absolute atomic E-state index is 14.0.